The van der Waals surface area contributed by atoms with Crippen LogP contribution in [0.5, 0.6) is 0 Å². The fourth-order valence-electron chi connectivity index (χ4n) is 2.62. The van der Waals surface area contributed by atoms with Crippen molar-refractivity contribution in [1.82, 2.24) is 9.97 Å². The molecule has 1 aliphatic rings. The first-order valence-corrected chi connectivity index (χ1v) is 7.58. The number of nitrogens with zero attached hydrogens (tertiary/aromatic N) is 4. The second-order valence-electron chi connectivity index (χ2n) is 5.54. The Kier molecular flexibility index (Phi) is 4.19. The minimum atomic E-state index is 0.470. The van der Waals surface area contributed by atoms with Gasteiger partial charge in [-0.05, 0) is 49.1 Å². The summed E-state index contributed by atoms with van der Waals surface area (Å²) < 4.78 is 0. The van der Waals surface area contributed by atoms with Crippen LogP contribution in [-0.4, -0.2) is 23.1 Å². The summed E-state index contributed by atoms with van der Waals surface area (Å²) in [7, 11) is 0. The van der Waals surface area contributed by atoms with E-state index in [9.17, 15) is 0 Å². The van der Waals surface area contributed by atoms with Gasteiger partial charge in [0.25, 0.3) is 0 Å². The molecule has 1 N–H and O–H groups in total. The van der Waals surface area contributed by atoms with E-state index in [1.807, 2.05) is 31.3 Å². The predicted molar refractivity (Wildman–Crippen MR) is 86.7 cm³/mol. The highest BCUT2D eigenvalue weighted by Crippen LogP contribution is 2.19. The molecule has 0 radical (unpaired) electrons. The Labute approximate surface area is 130 Å². The number of anilines is 2. The Morgan fingerprint density at radius 2 is 2.09 bits per heavy atom. The number of aromatic nitrogens is 2. The topological polar surface area (TPSA) is 64.8 Å². The van der Waals surface area contributed by atoms with Gasteiger partial charge < -0.3 is 10.2 Å². The maximum absolute atomic E-state index is 9.03. The Morgan fingerprint density at radius 1 is 1.27 bits per heavy atom. The quantitative estimate of drug-likeness (QED) is 0.939. The predicted octanol–water partition coefficient (Wildman–Crippen LogP) is 2.87. The van der Waals surface area contributed by atoms with Crippen molar-refractivity contribution in [3.8, 4) is 6.07 Å². The monoisotopic (exact) mass is 293 g/mol. The molecule has 0 aromatic carbocycles. The Morgan fingerprint density at radius 3 is 2.86 bits per heavy atom. The molecule has 1 saturated heterocycles. The molecule has 2 aromatic rings. The third-order valence-corrected chi connectivity index (χ3v) is 3.92. The second-order valence-corrected chi connectivity index (χ2v) is 5.54. The van der Waals surface area contributed by atoms with Gasteiger partial charge in [-0.3, -0.25) is 0 Å². The Balaban J connectivity index is 1.69. The van der Waals surface area contributed by atoms with Gasteiger partial charge in [-0.15, -0.1) is 0 Å². The van der Waals surface area contributed by atoms with Crippen molar-refractivity contribution < 1.29 is 0 Å². The summed E-state index contributed by atoms with van der Waals surface area (Å²) in [4.78, 5) is 11.1. The molecule has 0 spiro atoms. The maximum Gasteiger partial charge on any atom is 0.145 e. The van der Waals surface area contributed by atoms with E-state index in [2.05, 4.69) is 32.3 Å². The van der Waals surface area contributed by atoms with E-state index in [0.29, 0.717) is 12.2 Å². The lowest BCUT2D eigenvalue weighted by Gasteiger charge is -2.17. The van der Waals surface area contributed by atoms with Crippen LogP contribution in [0, 0.1) is 18.3 Å². The van der Waals surface area contributed by atoms with Crippen LogP contribution in [0.4, 0.5) is 11.6 Å². The van der Waals surface area contributed by atoms with Crippen LogP contribution in [0.1, 0.15) is 29.7 Å². The summed E-state index contributed by atoms with van der Waals surface area (Å²) in [5.41, 5.74) is 2.53. The van der Waals surface area contributed by atoms with E-state index >= 15 is 0 Å². The largest absolute Gasteiger partial charge is 0.366 e. The number of nitriles is 1. The van der Waals surface area contributed by atoms with Gasteiger partial charge in [0.05, 0.1) is 0 Å². The zero-order valence-corrected chi connectivity index (χ0v) is 12.7. The van der Waals surface area contributed by atoms with Crippen LogP contribution in [0.2, 0.25) is 0 Å². The highest BCUT2D eigenvalue weighted by atomic mass is 15.2. The molecular formula is C17H19N5. The first kappa shape index (κ1) is 14.3. The molecule has 22 heavy (non-hydrogen) atoms. The fraction of sp³-hybridized carbons (Fsp3) is 0.353. The highest BCUT2D eigenvalue weighted by Gasteiger charge is 2.13. The summed E-state index contributed by atoms with van der Waals surface area (Å²) >= 11 is 0. The first-order chi connectivity index (χ1) is 10.8. The molecule has 0 aliphatic carbocycles. The lowest BCUT2D eigenvalue weighted by atomic mass is 10.2. The summed E-state index contributed by atoms with van der Waals surface area (Å²) in [5, 5.41) is 12.3. The number of hydrogen-bond acceptors (Lipinski definition) is 5. The molecule has 1 fully saturated rings. The van der Waals surface area contributed by atoms with Crippen molar-refractivity contribution in [2.75, 3.05) is 23.3 Å². The van der Waals surface area contributed by atoms with Gasteiger partial charge in [0, 0.05) is 25.8 Å². The molecule has 3 heterocycles. The van der Waals surface area contributed by atoms with Gasteiger partial charge in [-0.25, -0.2) is 9.97 Å². The van der Waals surface area contributed by atoms with Crippen molar-refractivity contribution in [3.05, 3.63) is 47.3 Å². The molecule has 0 saturated carbocycles. The second kappa shape index (κ2) is 6.44. The number of nitrogens with one attached hydrogen (secondary N) is 1. The zero-order valence-electron chi connectivity index (χ0n) is 12.7. The molecule has 0 unspecified atom stereocenters. The van der Waals surface area contributed by atoms with E-state index in [0.717, 1.165) is 35.9 Å². The third-order valence-electron chi connectivity index (χ3n) is 3.92. The minimum absolute atomic E-state index is 0.470. The molecule has 0 amide bonds. The number of aryl methyl sites for hydroxylation is 1. The average molecular weight is 293 g/mol. The van der Waals surface area contributed by atoms with Crippen LogP contribution < -0.4 is 10.2 Å². The van der Waals surface area contributed by atoms with E-state index < -0.39 is 0 Å². The van der Waals surface area contributed by atoms with Gasteiger partial charge in [0.1, 0.15) is 23.4 Å². The summed E-state index contributed by atoms with van der Waals surface area (Å²) in [6, 6.07) is 10.1. The molecule has 1 aliphatic heterocycles. The van der Waals surface area contributed by atoms with Crippen molar-refractivity contribution in [2.24, 2.45) is 0 Å². The van der Waals surface area contributed by atoms with Crippen LogP contribution in [0.3, 0.4) is 0 Å². The van der Waals surface area contributed by atoms with Crippen LogP contribution >= 0.6 is 0 Å². The molecule has 3 rings (SSSR count). The molecule has 112 valence electrons. The Bertz CT molecular complexity index is 698. The fourth-order valence-corrected chi connectivity index (χ4v) is 2.62. The molecule has 0 atom stereocenters. The van der Waals surface area contributed by atoms with Gasteiger partial charge in [0.2, 0.25) is 0 Å². The van der Waals surface area contributed by atoms with Gasteiger partial charge in [-0.2, -0.15) is 5.26 Å². The van der Waals surface area contributed by atoms with Crippen molar-refractivity contribution in [2.45, 2.75) is 26.3 Å². The number of pyridine rings is 2. The van der Waals surface area contributed by atoms with E-state index in [-0.39, 0.29) is 0 Å². The smallest absolute Gasteiger partial charge is 0.145 e. The molecule has 5 nitrogen and oxygen atoms in total. The number of hydrogen-bond donors (Lipinski definition) is 1. The normalized spacial score (nSPS) is 13.9. The van der Waals surface area contributed by atoms with E-state index in [1.54, 1.807) is 0 Å². The van der Waals surface area contributed by atoms with Crippen LogP contribution in [-0.2, 0) is 6.54 Å². The molecule has 5 heteroatoms. The lowest BCUT2D eigenvalue weighted by molar-refractivity contribution is 0.931. The third kappa shape index (κ3) is 3.17. The molecule has 2 aromatic heterocycles. The van der Waals surface area contributed by atoms with Crippen LogP contribution in [0.25, 0.3) is 0 Å². The van der Waals surface area contributed by atoms with Crippen molar-refractivity contribution >= 4 is 11.6 Å². The van der Waals surface area contributed by atoms with Gasteiger partial charge >= 0.3 is 0 Å². The standard InChI is InChI=1S/C17H19N5/c1-13-4-5-16(21-15(13)11-18)20-12-14-6-7-19-17(10-14)22-8-2-3-9-22/h4-7,10H,2-3,8-9,12H2,1H3,(H,20,21). The van der Waals surface area contributed by atoms with Crippen LogP contribution in [0.15, 0.2) is 30.5 Å². The zero-order chi connectivity index (χ0) is 15.4. The lowest BCUT2D eigenvalue weighted by Crippen LogP contribution is -2.19. The summed E-state index contributed by atoms with van der Waals surface area (Å²) in [5.74, 6) is 1.77. The molecular weight excluding hydrogens is 274 g/mol. The van der Waals surface area contributed by atoms with E-state index in [4.69, 9.17) is 5.26 Å². The summed E-state index contributed by atoms with van der Waals surface area (Å²) in [6.45, 7) is 4.74. The maximum atomic E-state index is 9.03. The van der Waals surface area contributed by atoms with Crippen molar-refractivity contribution in [1.29, 1.82) is 5.26 Å². The van der Waals surface area contributed by atoms with Gasteiger partial charge in [-0.1, -0.05) is 6.07 Å². The molecule has 0 bridgehead atoms. The van der Waals surface area contributed by atoms with Gasteiger partial charge in [0.15, 0.2) is 0 Å². The first-order valence-electron chi connectivity index (χ1n) is 7.58. The van der Waals surface area contributed by atoms with Crippen molar-refractivity contribution in [3.63, 3.8) is 0 Å². The average Bonchev–Trinajstić information content (AvgIpc) is 3.09. The number of rotatable bonds is 4. The summed E-state index contributed by atoms with van der Waals surface area (Å²) in [6.07, 6.45) is 4.34. The highest BCUT2D eigenvalue weighted by molar-refractivity contribution is 5.45. The SMILES string of the molecule is Cc1ccc(NCc2ccnc(N3CCCC3)c2)nc1C#N. The van der Waals surface area contributed by atoms with E-state index in [1.165, 1.54) is 12.8 Å². The Hall–Kier alpha value is -2.61. The minimum Gasteiger partial charge on any atom is -0.366 e.